The van der Waals surface area contributed by atoms with Crippen molar-refractivity contribution in [1.82, 2.24) is 10.9 Å². The van der Waals surface area contributed by atoms with Crippen LogP contribution < -0.4 is 10.9 Å². The Balaban J connectivity index is 1.51. The van der Waals surface area contributed by atoms with Crippen LogP contribution in [0, 0.1) is 11.8 Å². The van der Waals surface area contributed by atoms with Crippen molar-refractivity contribution in [3.8, 4) is 0 Å². The van der Waals surface area contributed by atoms with Gasteiger partial charge in [-0.25, -0.2) is 10.9 Å². The quantitative estimate of drug-likeness (QED) is 0.785. The van der Waals surface area contributed by atoms with Gasteiger partial charge in [-0.3, -0.25) is 9.59 Å². The predicted molar refractivity (Wildman–Crippen MR) is 104 cm³/mol. The Hall–Kier alpha value is -2.44. The summed E-state index contributed by atoms with van der Waals surface area (Å²) < 4.78 is 5.36. The zero-order chi connectivity index (χ0) is 19.2. The lowest BCUT2D eigenvalue weighted by molar-refractivity contribution is 0.0901. The van der Waals surface area contributed by atoms with Crippen LogP contribution in [0.4, 0.5) is 0 Å². The molecule has 0 saturated heterocycles. The molecule has 0 spiro atoms. The molecule has 7 heteroatoms. The van der Waals surface area contributed by atoms with Crippen molar-refractivity contribution in [2.75, 3.05) is 0 Å². The third kappa shape index (κ3) is 5.52. The first-order valence-electron chi connectivity index (χ1n) is 9.82. The maximum atomic E-state index is 12.2. The van der Waals surface area contributed by atoms with Crippen LogP contribution in [0.2, 0.25) is 0 Å². The minimum absolute atomic E-state index is 0.0628. The van der Waals surface area contributed by atoms with Gasteiger partial charge in [0.15, 0.2) is 11.5 Å². The Labute approximate surface area is 159 Å². The Morgan fingerprint density at radius 1 is 0.815 bits per heavy atom. The first-order valence-corrected chi connectivity index (χ1v) is 9.82. The maximum absolute atomic E-state index is 12.2. The number of hydrogen-bond donors (Lipinski definition) is 2. The van der Waals surface area contributed by atoms with Gasteiger partial charge in [0, 0.05) is 11.4 Å². The lowest BCUT2D eigenvalue weighted by atomic mass is 9.90. The smallest absolute Gasteiger partial charge is 0.307 e. The van der Waals surface area contributed by atoms with Crippen LogP contribution in [0.1, 0.15) is 86.3 Å². The van der Waals surface area contributed by atoms with Crippen LogP contribution in [-0.2, 0) is 0 Å². The van der Waals surface area contributed by atoms with Gasteiger partial charge >= 0.3 is 11.8 Å². The molecule has 0 atom stereocenters. The molecule has 2 N–H and O–H groups in total. The molecule has 1 aromatic rings. The molecule has 7 nitrogen and oxygen atoms in total. The summed E-state index contributed by atoms with van der Waals surface area (Å²) in [6.07, 6.45) is 8.03. The summed E-state index contributed by atoms with van der Waals surface area (Å²) in [5.74, 6) is 0.652. The number of rotatable bonds is 4. The highest BCUT2D eigenvalue weighted by Gasteiger charge is 2.18. The zero-order valence-electron chi connectivity index (χ0n) is 16.1. The summed E-state index contributed by atoms with van der Waals surface area (Å²) in [6, 6.07) is 2.95. The summed E-state index contributed by atoms with van der Waals surface area (Å²) in [5, 5.41) is 8.37. The standard InChI is InChI=1S/C20H28N4O3/c1-13-3-7-15(8-4-13)21-23-19(25)17-11-12-18(27-17)20(26)24-22-16-9-5-14(2)6-10-16/h11-14H,3-10H2,1-2H3,(H,23,25)(H,24,26). The molecule has 146 valence electrons. The van der Waals surface area contributed by atoms with Crippen LogP contribution >= 0.6 is 0 Å². The van der Waals surface area contributed by atoms with Gasteiger partial charge in [-0.05, 0) is 75.3 Å². The van der Waals surface area contributed by atoms with Crippen LogP contribution in [0.3, 0.4) is 0 Å². The molecule has 0 bridgehead atoms. The number of furan rings is 1. The fraction of sp³-hybridized carbons (Fsp3) is 0.600. The van der Waals surface area contributed by atoms with Gasteiger partial charge in [0.2, 0.25) is 0 Å². The monoisotopic (exact) mass is 372 g/mol. The zero-order valence-corrected chi connectivity index (χ0v) is 16.1. The third-order valence-electron chi connectivity index (χ3n) is 5.39. The van der Waals surface area contributed by atoms with Gasteiger partial charge in [-0.15, -0.1) is 0 Å². The average Bonchev–Trinajstić information content (AvgIpc) is 3.17. The van der Waals surface area contributed by atoms with Gasteiger partial charge in [0.1, 0.15) is 0 Å². The predicted octanol–water partition coefficient (Wildman–Crippen LogP) is 3.87. The SMILES string of the molecule is CC1CCC(=NNC(=O)c2ccc(C(=O)NN=C3CCC(C)CC3)o2)CC1. The number of carbonyl (C=O) groups excluding carboxylic acids is 2. The molecule has 3 rings (SSSR count). The van der Waals surface area contributed by atoms with Gasteiger partial charge in [0.25, 0.3) is 0 Å². The molecule has 2 aliphatic carbocycles. The fourth-order valence-electron chi connectivity index (χ4n) is 3.37. The molecule has 2 amide bonds. The van der Waals surface area contributed by atoms with Crippen molar-refractivity contribution in [1.29, 1.82) is 0 Å². The summed E-state index contributed by atoms with van der Waals surface area (Å²) >= 11 is 0. The van der Waals surface area contributed by atoms with E-state index in [2.05, 4.69) is 34.9 Å². The fourth-order valence-corrected chi connectivity index (χ4v) is 3.37. The summed E-state index contributed by atoms with van der Waals surface area (Å²) in [5.41, 5.74) is 7.05. The second-order valence-corrected chi connectivity index (χ2v) is 7.77. The molecule has 2 fully saturated rings. The first-order chi connectivity index (χ1) is 13.0. The van der Waals surface area contributed by atoms with Crippen LogP contribution in [-0.4, -0.2) is 23.2 Å². The van der Waals surface area contributed by atoms with E-state index in [9.17, 15) is 9.59 Å². The molecular weight excluding hydrogens is 344 g/mol. The number of amides is 2. The lowest BCUT2D eigenvalue weighted by Crippen LogP contribution is -2.22. The number of nitrogens with one attached hydrogen (secondary N) is 2. The molecule has 0 aromatic carbocycles. The molecular formula is C20H28N4O3. The van der Waals surface area contributed by atoms with E-state index in [1.807, 2.05) is 0 Å². The number of nitrogens with zero attached hydrogens (tertiary/aromatic N) is 2. The Morgan fingerprint density at radius 3 is 1.56 bits per heavy atom. The topological polar surface area (TPSA) is 96.1 Å². The Kier molecular flexibility index (Phi) is 6.42. The van der Waals surface area contributed by atoms with E-state index >= 15 is 0 Å². The summed E-state index contributed by atoms with van der Waals surface area (Å²) in [4.78, 5) is 24.3. The van der Waals surface area contributed by atoms with Gasteiger partial charge < -0.3 is 4.42 Å². The van der Waals surface area contributed by atoms with E-state index in [1.54, 1.807) is 0 Å². The molecule has 0 aliphatic heterocycles. The summed E-state index contributed by atoms with van der Waals surface area (Å²) in [7, 11) is 0. The summed E-state index contributed by atoms with van der Waals surface area (Å²) in [6.45, 7) is 4.45. The largest absolute Gasteiger partial charge is 0.446 e. The molecule has 0 unspecified atom stereocenters. The third-order valence-corrected chi connectivity index (χ3v) is 5.39. The van der Waals surface area contributed by atoms with Crippen molar-refractivity contribution in [3.05, 3.63) is 23.7 Å². The highest BCUT2D eigenvalue weighted by molar-refractivity contribution is 5.97. The number of hydrogen-bond acceptors (Lipinski definition) is 5. The lowest BCUT2D eigenvalue weighted by Gasteiger charge is -2.18. The molecule has 1 heterocycles. The van der Waals surface area contributed by atoms with Gasteiger partial charge in [-0.1, -0.05) is 13.8 Å². The first kappa shape index (κ1) is 19.3. The van der Waals surface area contributed by atoms with E-state index in [1.165, 1.54) is 12.1 Å². The van der Waals surface area contributed by atoms with Crippen LogP contribution in [0.15, 0.2) is 26.8 Å². The van der Waals surface area contributed by atoms with Gasteiger partial charge in [-0.2, -0.15) is 10.2 Å². The molecule has 0 radical (unpaired) electrons. The maximum Gasteiger partial charge on any atom is 0.307 e. The molecule has 27 heavy (non-hydrogen) atoms. The number of hydrazone groups is 2. The van der Waals surface area contributed by atoms with Crippen molar-refractivity contribution in [2.45, 2.75) is 65.2 Å². The Bertz CT molecular complexity index is 670. The molecule has 2 aliphatic rings. The van der Waals surface area contributed by atoms with Crippen molar-refractivity contribution >= 4 is 23.2 Å². The van der Waals surface area contributed by atoms with Crippen LogP contribution in [0.5, 0.6) is 0 Å². The average molecular weight is 372 g/mol. The van der Waals surface area contributed by atoms with E-state index in [0.717, 1.165) is 62.8 Å². The minimum Gasteiger partial charge on any atom is -0.446 e. The number of carbonyl (C=O) groups is 2. The second-order valence-electron chi connectivity index (χ2n) is 7.77. The normalized spacial score (nSPS) is 22.9. The van der Waals surface area contributed by atoms with Gasteiger partial charge in [0.05, 0.1) is 0 Å². The van der Waals surface area contributed by atoms with E-state index in [0.29, 0.717) is 11.8 Å². The van der Waals surface area contributed by atoms with E-state index in [-0.39, 0.29) is 11.5 Å². The molecule has 1 aromatic heterocycles. The Morgan fingerprint density at radius 2 is 1.19 bits per heavy atom. The van der Waals surface area contributed by atoms with E-state index in [4.69, 9.17) is 4.42 Å². The second kappa shape index (κ2) is 8.97. The highest BCUT2D eigenvalue weighted by atomic mass is 16.4. The van der Waals surface area contributed by atoms with Crippen molar-refractivity contribution in [3.63, 3.8) is 0 Å². The highest BCUT2D eigenvalue weighted by Crippen LogP contribution is 2.22. The van der Waals surface area contributed by atoms with Crippen LogP contribution in [0.25, 0.3) is 0 Å². The van der Waals surface area contributed by atoms with Crippen molar-refractivity contribution in [2.24, 2.45) is 22.0 Å². The van der Waals surface area contributed by atoms with Crippen molar-refractivity contribution < 1.29 is 14.0 Å². The molecule has 2 saturated carbocycles. The van der Waals surface area contributed by atoms with E-state index < -0.39 is 11.8 Å². The minimum atomic E-state index is -0.451.